The Hall–Kier alpha value is -1.78. The van der Waals surface area contributed by atoms with Gasteiger partial charge in [0.1, 0.15) is 5.69 Å². The average Bonchev–Trinajstić information content (AvgIpc) is 3.27. The number of hydrogen-bond acceptors (Lipinski definition) is 8. The molecular formula is C17H24N4O5S. The van der Waals surface area contributed by atoms with Crippen LogP contribution in [0.1, 0.15) is 29.8 Å². The Morgan fingerprint density at radius 2 is 2.00 bits per heavy atom. The minimum atomic E-state index is -3.05. The van der Waals surface area contributed by atoms with Crippen LogP contribution in [0.3, 0.4) is 0 Å². The molecule has 9 nitrogen and oxygen atoms in total. The second-order valence-electron chi connectivity index (χ2n) is 7.31. The van der Waals surface area contributed by atoms with Gasteiger partial charge in [-0.2, -0.15) is 0 Å². The summed E-state index contributed by atoms with van der Waals surface area (Å²) in [5.74, 6) is -0.110. The fourth-order valence-corrected chi connectivity index (χ4v) is 5.65. The zero-order chi connectivity index (χ0) is 19.1. The third kappa shape index (κ3) is 3.78. The number of nitrogens with zero attached hydrogens (tertiary/aromatic N) is 4. The maximum atomic E-state index is 12.8. The number of piperidine rings is 1. The summed E-state index contributed by atoms with van der Waals surface area (Å²) < 4.78 is 34.8. The van der Waals surface area contributed by atoms with Crippen LogP contribution in [0.4, 0.5) is 5.95 Å². The molecule has 0 aliphatic carbocycles. The number of amides is 1. The van der Waals surface area contributed by atoms with Gasteiger partial charge in [0.15, 0.2) is 15.6 Å². The van der Waals surface area contributed by atoms with Gasteiger partial charge in [-0.05, 0) is 12.5 Å². The van der Waals surface area contributed by atoms with Gasteiger partial charge in [-0.1, -0.05) is 0 Å². The molecule has 0 aromatic carbocycles. The highest BCUT2D eigenvalue weighted by Crippen LogP contribution is 2.32. The first-order valence-electron chi connectivity index (χ1n) is 9.21. The lowest BCUT2D eigenvalue weighted by molar-refractivity contribution is -0.169. The van der Waals surface area contributed by atoms with Crippen LogP contribution in [0.2, 0.25) is 0 Å². The van der Waals surface area contributed by atoms with Crippen molar-refractivity contribution in [1.29, 1.82) is 0 Å². The molecule has 148 valence electrons. The number of aromatic nitrogens is 2. The van der Waals surface area contributed by atoms with Crippen LogP contribution >= 0.6 is 0 Å². The fraction of sp³-hybridized carbons (Fsp3) is 0.706. The van der Waals surface area contributed by atoms with Crippen LogP contribution in [0.25, 0.3) is 0 Å². The minimum Gasteiger partial charge on any atom is -0.347 e. The smallest absolute Gasteiger partial charge is 0.272 e. The summed E-state index contributed by atoms with van der Waals surface area (Å²) in [7, 11) is -1.42. The number of ether oxygens (including phenoxy) is 2. The van der Waals surface area contributed by atoms with Gasteiger partial charge in [0.05, 0.1) is 24.7 Å². The maximum Gasteiger partial charge on any atom is 0.272 e. The van der Waals surface area contributed by atoms with Crippen molar-refractivity contribution < 1.29 is 22.7 Å². The van der Waals surface area contributed by atoms with E-state index in [1.54, 1.807) is 19.3 Å². The van der Waals surface area contributed by atoms with Crippen LogP contribution in [0.5, 0.6) is 0 Å². The van der Waals surface area contributed by atoms with Gasteiger partial charge in [0.25, 0.3) is 5.91 Å². The van der Waals surface area contributed by atoms with E-state index in [1.807, 2.05) is 4.90 Å². The van der Waals surface area contributed by atoms with Crippen molar-refractivity contribution in [2.45, 2.75) is 31.1 Å². The highest BCUT2D eigenvalue weighted by Gasteiger charge is 2.40. The molecule has 1 unspecified atom stereocenters. The van der Waals surface area contributed by atoms with Gasteiger partial charge >= 0.3 is 0 Å². The molecule has 3 aliphatic rings. The molecule has 1 atom stereocenters. The summed E-state index contributed by atoms with van der Waals surface area (Å²) in [6, 6.07) is 1.27. The lowest BCUT2D eigenvalue weighted by atomic mass is 10.0. The van der Waals surface area contributed by atoms with Crippen LogP contribution in [-0.2, 0) is 19.3 Å². The molecule has 0 N–H and O–H groups in total. The summed E-state index contributed by atoms with van der Waals surface area (Å²) in [6.07, 6.45) is 3.50. The standard InChI is InChI=1S/C17H24N4O5S/c1-20(13-3-11-27(23,24)12-13)15(22)14-2-6-18-16(19-14)21-7-4-17(5-8-21)25-9-10-26-17/h2,6,13H,3-5,7-12H2,1H3. The Morgan fingerprint density at radius 3 is 2.63 bits per heavy atom. The minimum absolute atomic E-state index is 0.0153. The monoisotopic (exact) mass is 396 g/mol. The Morgan fingerprint density at radius 1 is 1.30 bits per heavy atom. The van der Waals surface area contributed by atoms with Gasteiger partial charge in [0, 0.05) is 45.2 Å². The third-order valence-corrected chi connectivity index (χ3v) is 7.31. The Kier molecular flexibility index (Phi) is 4.81. The van der Waals surface area contributed by atoms with Crippen LogP contribution in [-0.4, -0.2) is 85.9 Å². The lowest BCUT2D eigenvalue weighted by Gasteiger charge is -2.37. The molecule has 3 aliphatic heterocycles. The first-order valence-corrected chi connectivity index (χ1v) is 11.0. The van der Waals surface area contributed by atoms with Crippen molar-refractivity contribution in [3.8, 4) is 0 Å². The quantitative estimate of drug-likeness (QED) is 0.708. The maximum absolute atomic E-state index is 12.8. The first kappa shape index (κ1) is 18.6. The molecule has 1 aromatic heterocycles. The Balaban J connectivity index is 1.44. The zero-order valence-corrected chi connectivity index (χ0v) is 16.2. The second kappa shape index (κ2) is 6.99. The molecule has 27 heavy (non-hydrogen) atoms. The molecule has 4 rings (SSSR count). The Bertz CT molecular complexity index is 814. The SMILES string of the molecule is CN(C(=O)c1ccnc(N2CCC3(CC2)OCCO3)n1)C1CCS(=O)(=O)C1. The summed E-state index contributed by atoms with van der Waals surface area (Å²) in [5.41, 5.74) is 0.278. The van der Waals surface area contributed by atoms with Crippen molar-refractivity contribution in [3.05, 3.63) is 18.0 Å². The van der Waals surface area contributed by atoms with E-state index in [0.717, 1.165) is 12.8 Å². The third-order valence-electron chi connectivity index (χ3n) is 5.56. The first-order chi connectivity index (χ1) is 12.9. The van der Waals surface area contributed by atoms with E-state index in [9.17, 15) is 13.2 Å². The molecule has 3 saturated heterocycles. The van der Waals surface area contributed by atoms with Crippen molar-refractivity contribution >= 4 is 21.7 Å². The topological polar surface area (TPSA) is 102 Å². The normalized spacial score (nSPS) is 26.4. The van der Waals surface area contributed by atoms with E-state index >= 15 is 0 Å². The summed E-state index contributed by atoms with van der Waals surface area (Å²) in [4.78, 5) is 25.0. The number of sulfone groups is 1. The van der Waals surface area contributed by atoms with Gasteiger partial charge in [-0.15, -0.1) is 0 Å². The molecule has 3 fully saturated rings. The van der Waals surface area contributed by atoms with Crippen LogP contribution in [0, 0.1) is 0 Å². The lowest BCUT2D eigenvalue weighted by Crippen LogP contribution is -2.46. The van der Waals surface area contributed by atoms with Gasteiger partial charge in [0.2, 0.25) is 5.95 Å². The van der Waals surface area contributed by atoms with Crippen LogP contribution in [0.15, 0.2) is 12.3 Å². The van der Waals surface area contributed by atoms with Crippen LogP contribution < -0.4 is 4.90 Å². The molecule has 0 bridgehead atoms. The van der Waals surface area contributed by atoms with Crippen molar-refractivity contribution in [1.82, 2.24) is 14.9 Å². The van der Waals surface area contributed by atoms with Gasteiger partial charge in [-0.3, -0.25) is 4.79 Å². The summed E-state index contributed by atoms with van der Waals surface area (Å²) in [5, 5.41) is 0. The zero-order valence-electron chi connectivity index (χ0n) is 15.3. The van der Waals surface area contributed by atoms with E-state index < -0.39 is 15.6 Å². The number of anilines is 1. The fourth-order valence-electron chi connectivity index (χ4n) is 3.88. The van der Waals surface area contributed by atoms with E-state index in [2.05, 4.69) is 9.97 Å². The Labute approximate surface area is 158 Å². The number of rotatable bonds is 3. The summed E-state index contributed by atoms with van der Waals surface area (Å²) in [6.45, 7) is 2.64. The molecule has 1 aromatic rings. The largest absolute Gasteiger partial charge is 0.347 e. The molecule has 0 radical (unpaired) electrons. The highest BCUT2D eigenvalue weighted by molar-refractivity contribution is 7.91. The number of hydrogen-bond donors (Lipinski definition) is 0. The van der Waals surface area contributed by atoms with Gasteiger partial charge < -0.3 is 19.3 Å². The van der Waals surface area contributed by atoms with E-state index in [0.29, 0.717) is 38.7 Å². The molecule has 0 saturated carbocycles. The average molecular weight is 396 g/mol. The molecule has 1 amide bonds. The highest BCUT2D eigenvalue weighted by atomic mass is 32.2. The second-order valence-corrected chi connectivity index (χ2v) is 9.54. The predicted octanol–water partition coefficient (Wildman–Crippen LogP) is 0.0790. The van der Waals surface area contributed by atoms with Crippen molar-refractivity contribution in [3.63, 3.8) is 0 Å². The van der Waals surface area contributed by atoms with E-state index in [-0.39, 0.29) is 29.1 Å². The van der Waals surface area contributed by atoms with Crippen molar-refractivity contribution in [2.75, 3.05) is 49.8 Å². The van der Waals surface area contributed by atoms with E-state index in [1.165, 1.54) is 4.90 Å². The molecule has 4 heterocycles. The molecule has 1 spiro atoms. The number of carbonyl (C=O) groups excluding carboxylic acids is 1. The molecular weight excluding hydrogens is 372 g/mol. The number of carbonyl (C=O) groups is 1. The van der Waals surface area contributed by atoms with Gasteiger partial charge in [-0.25, -0.2) is 18.4 Å². The predicted molar refractivity (Wildman–Crippen MR) is 97.3 cm³/mol. The van der Waals surface area contributed by atoms with E-state index in [4.69, 9.17) is 9.47 Å². The van der Waals surface area contributed by atoms with Crippen molar-refractivity contribution in [2.24, 2.45) is 0 Å². The molecule has 10 heteroatoms. The summed E-state index contributed by atoms with van der Waals surface area (Å²) >= 11 is 0.